The van der Waals surface area contributed by atoms with E-state index < -0.39 is 0 Å². The summed E-state index contributed by atoms with van der Waals surface area (Å²) in [4.78, 5) is 23.8. The van der Waals surface area contributed by atoms with E-state index in [0.717, 1.165) is 41.1 Å². The van der Waals surface area contributed by atoms with E-state index in [2.05, 4.69) is 34.0 Å². The van der Waals surface area contributed by atoms with Crippen molar-refractivity contribution in [3.8, 4) is 0 Å². The summed E-state index contributed by atoms with van der Waals surface area (Å²) in [6.07, 6.45) is 2.74. The minimum Gasteiger partial charge on any atom is -0.380 e. The maximum atomic E-state index is 13.5. The van der Waals surface area contributed by atoms with Crippen molar-refractivity contribution < 1.29 is 9.18 Å². The summed E-state index contributed by atoms with van der Waals surface area (Å²) in [5.74, 6) is 1.42. The minimum absolute atomic E-state index is 0.280. The van der Waals surface area contributed by atoms with Gasteiger partial charge in [-0.15, -0.1) is 0 Å². The van der Waals surface area contributed by atoms with Crippen LogP contribution >= 0.6 is 0 Å². The van der Waals surface area contributed by atoms with Crippen LogP contribution in [0.25, 0.3) is 10.9 Å². The maximum Gasteiger partial charge on any atom is 0.152 e. The first-order valence-electron chi connectivity index (χ1n) is 9.52. The van der Waals surface area contributed by atoms with Crippen molar-refractivity contribution in [2.45, 2.75) is 25.9 Å². The quantitative estimate of drug-likeness (QED) is 0.663. The molecule has 7 heteroatoms. The highest BCUT2D eigenvalue weighted by atomic mass is 19.1. The average molecular weight is 381 g/mol. The molecule has 28 heavy (non-hydrogen) atoms. The number of nitrogens with one attached hydrogen (secondary N) is 2. The number of hydrogen-bond donors (Lipinski definition) is 2. The molecule has 0 bridgehead atoms. The molecule has 6 nitrogen and oxygen atoms in total. The second-order valence-corrected chi connectivity index (χ2v) is 7.40. The van der Waals surface area contributed by atoms with Crippen molar-refractivity contribution in [1.29, 1.82) is 0 Å². The Hall–Kier alpha value is -3.09. The number of anilines is 3. The molecule has 0 aliphatic carbocycles. The third-order valence-corrected chi connectivity index (χ3v) is 4.99. The summed E-state index contributed by atoms with van der Waals surface area (Å²) in [6, 6.07) is 10.5. The molecule has 1 aliphatic rings. The number of piperazine rings is 1. The molecule has 1 saturated heterocycles. The Balaban J connectivity index is 1.58. The van der Waals surface area contributed by atoms with E-state index >= 15 is 0 Å². The predicted molar refractivity (Wildman–Crippen MR) is 111 cm³/mol. The minimum atomic E-state index is -0.319. The number of halogens is 1. The first kappa shape index (κ1) is 18.3. The molecular weight excluding hydrogens is 357 g/mol. The fourth-order valence-corrected chi connectivity index (χ4v) is 3.73. The smallest absolute Gasteiger partial charge is 0.152 e. The molecule has 1 aromatic carbocycles. The van der Waals surface area contributed by atoms with Gasteiger partial charge in [-0.25, -0.2) is 9.37 Å². The molecule has 2 aromatic heterocycles. The first-order chi connectivity index (χ1) is 13.5. The molecule has 0 spiro atoms. The number of hydrogen-bond acceptors (Lipinski definition) is 5. The number of aromatic nitrogens is 2. The fourth-order valence-electron chi connectivity index (χ4n) is 3.73. The second kappa shape index (κ2) is 7.50. The summed E-state index contributed by atoms with van der Waals surface area (Å²) in [6.45, 7) is 6.11. The Labute approximate surface area is 163 Å². The monoisotopic (exact) mass is 381 g/mol. The zero-order valence-corrected chi connectivity index (χ0v) is 16.0. The van der Waals surface area contributed by atoms with Gasteiger partial charge in [0.25, 0.3) is 0 Å². The van der Waals surface area contributed by atoms with Crippen LogP contribution in [-0.4, -0.2) is 48.0 Å². The number of benzene rings is 1. The van der Waals surface area contributed by atoms with Crippen molar-refractivity contribution in [3.05, 3.63) is 48.4 Å². The predicted octanol–water partition coefficient (Wildman–Crippen LogP) is 3.42. The van der Waals surface area contributed by atoms with Crippen LogP contribution in [0.15, 0.2) is 42.6 Å². The van der Waals surface area contributed by atoms with Crippen LogP contribution in [-0.2, 0) is 4.79 Å². The van der Waals surface area contributed by atoms with Crippen molar-refractivity contribution in [1.82, 2.24) is 9.97 Å². The number of H-pyrrole nitrogens is 1. The number of fused-ring (bicyclic) bond motifs is 1. The van der Waals surface area contributed by atoms with Gasteiger partial charge in [-0.2, -0.15) is 0 Å². The Morgan fingerprint density at radius 1 is 1.29 bits per heavy atom. The van der Waals surface area contributed by atoms with Crippen molar-refractivity contribution >= 4 is 34.5 Å². The summed E-state index contributed by atoms with van der Waals surface area (Å²) in [5, 5.41) is 4.35. The van der Waals surface area contributed by atoms with Crippen LogP contribution in [0, 0.1) is 5.82 Å². The van der Waals surface area contributed by atoms with Gasteiger partial charge in [-0.05, 0) is 50.2 Å². The molecule has 146 valence electrons. The topological polar surface area (TPSA) is 64.3 Å². The lowest BCUT2D eigenvalue weighted by Crippen LogP contribution is -2.54. The highest BCUT2D eigenvalue weighted by molar-refractivity contribution is 5.85. The third kappa shape index (κ3) is 3.52. The molecule has 1 fully saturated rings. The SMILES string of the molecule is CC(C)Nc1cccnc1N1CCN(c2cc3ccc(F)cc3[nH]2)C(C=O)C1. The van der Waals surface area contributed by atoms with Crippen LogP contribution in [0.1, 0.15) is 13.8 Å². The molecule has 1 aliphatic heterocycles. The van der Waals surface area contributed by atoms with Crippen LogP contribution in [0.3, 0.4) is 0 Å². The van der Waals surface area contributed by atoms with Crippen LogP contribution < -0.4 is 15.1 Å². The summed E-state index contributed by atoms with van der Waals surface area (Å²) in [7, 11) is 0. The lowest BCUT2D eigenvalue weighted by molar-refractivity contribution is -0.109. The number of rotatable bonds is 5. The number of aldehydes is 1. The second-order valence-electron chi connectivity index (χ2n) is 7.40. The van der Waals surface area contributed by atoms with Gasteiger partial charge in [0.1, 0.15) is 24.0 Å². The van der Waals surface area contributed by atoms with E-state index in [1.807, 2.05) is 23.1 Å². The molecule has 0 amide bonds. The van der Waals surface area contributed by atoms with Crippen molar-refractivity contribution in [2.75, 3.05) is 34.8 Å². The molecule has 4 rings (SSSR count). The van der Waals surface area contributed by atoms with Gasteiger partial charge >= 0.3 is 0 Å². The first-order valence-corrected chi connectivity index (χ1v) is 9.52. The van der Waals surface area contributed by atoms with Gasteiger partial charge in [-0.3, -0.25) is 0 Å². The van der Waals surface area contributed by atoms with Gasteiger partial charge in [0, 0.05) is 42.8 Å². The van der Waals surface area contributed by atoms with E-state index in [4.69, 9.17) is 0 Å². The maximum absolute atomic E-state index is 13.5. The standard InChI is InChI=1S/C21H24FN5O/c1-14(2)24-18-4-3-7-23-21(18)26-8-9-27(17(12-26)13-28)20-10-15-5-6-16(22)11-19(15)25-20/h3-7,10-11,13-14,17,24-25H,8-9,12H2,1-2H3. The number of pyridine rings is 1. The number of aromatic amines is 1. The molecule has 2 N–H and O–H groups in total. The Kier molecular flexibility index (Phi) is 4.90. The van der Waals surface area contributed by atoms with E-state index in [-0.39, 0.29) is 17.9 Å². The fraction of sp³-hybridized carbons (Fsp3) is 0.333. The largest absolute Gasteiger partial charge is 0.380 e. The Morgan fingerprint density at radius 2 is 2.14 bits per heavy atom. The van der Waals surface area contributed by atoms with Crippen LogP contribution in [0.4, 0.5) is 21.7 Å². The molecule has 0 radical (unpaired) electrons. The van der Waals surface area contributed by atoms with E-state index in [0.29, 0.717) is 13.1 Å². The van der Waals surface area contributed by atoms with Crippen LogP contribution in [0.5, 0.6) is 0 Å². The van der Waals surface area contributed by atoms with Gasteiger partial charge in [0.05, 0.1) is 5.69 Å². The third-order valence-electron chi connectivity index (χ3n) is 4.99. The number of nitrogens with zero attached hydrogens (tertiary/aromatic N) is 3. The Bertz CT molecular complexity index is 986. The average Bonchev–Trinajstić information content (AvgIpc) is 3.10. The number of carbonyl (C=O) groups excluding carboxylic acids is 1. The molecule has 3 aromatic rings. The lowest BCUT2D eigenvalue weighted by atomic mass is 10.1. The summed E-state index contributed by atoms with van der Waals surface area (Å²) in [5.41, 5.74) is 1.70. The zero-order chi connectivity index (χ0) is 19.7. The molecule has 3 heterocycles. The number of carbonyl (C=O) groups is 1. The lowest BCUT2D eigenvalue weighted by Gasteiger charge is -2.40. The zero-order valence-electron chi connectivity index (χ0n) is 16.0. The summed E-state index contributed by atoms with van der Waals surface area (Å²) >= 11 is 0. The van der Waals surface area contributed by atoms with Gasteiger partial charge in [0.15, 0.2) is 5.82 Å². The molecule has 0 saturated carbocycles. The molecule has 1 atom stereocenters. The highest BCUT2D eigenvalue weighted by Crippen LogP contribution is 2.29. The van der Waals surface area contributed by atoms with Gasteiger partial charge in [-0.1, -0.05) is 0 Å². The van der Waals surface area contributed by atoms with Gasteiger partial charge in [0.2, 0.25) is 0 Å². The molecule has 1 unspecified atom stereocenters. The van der Waals surface area contributed by atoms with E-state index in [9.17, 15) is 9.18 Å². The van der Waals surface area contributed by atoms with Crippen molar-refractivity contribution in [3.63, 3.8) is 0 Å². The van der Waals surface area contributed by atoms with E-state index in [1.165, 1.54) is 12.1 Å². The molecular formula is C21H24FN5O. The van der Waals surface area contributed by atoms with Crippen molar-refractivity contribution in [2.24, 2.45) is 0 Å². The highest BCUT2D eigenvalue weighted by Gasteiger charge is 2.29. The van der Waals surface area contributed by atoms with E-state index in [1.54, 1.807) is 12.3 Å². The Morgan fingerprint density at radius 3 is 2.93 bits per heavy atom. The van der Waals surface area contributed by atoms with Crippen LogP contribution in [0.2, 0.25) is 0 Å². The van der Waals surface area contributed by atoms with Gasteiger partial charge < -0.3 is 24.9 Å². The summed E-state index contributed by atoms with van der Waals surface area (Å²) < 4.78 is 13.5. The normalized spacial score (nSPS) is 17.4.